The highest BCUT2D eigenvalue weighted by molar-refractivity contribution is 7.83. The lowest BCUT2D eigenvalue weighted by molar-refractivity contribution is -0.121. The maximum Gasteiger partial charge on any atom is 0.402 e. The molecule has 1 N–H and O–H groups in total. The Bertz CT molecular complexity index is 194. The van der Waals surface area contributed by atoms with Crippen molar-refractivity contribution in [3.05, 3.63) is 0 Å². The second kappa shape index (κ2) is 2.72. The number of hydrogen-bond acceptors (Lipinski definition) is 3. The summed E-state index contributed by atoms with van der Waals surface area (Å²) >= 11 is 0. The van der Waals surface area contributed by atoms with Crippen molar-refractivity contribution in [2.24, 2.45) is 0 Å². The third-order valence-corrected chi connectivity index (χ3v) is 0.947. The average Bonchev–Trinajstić information content (AvgIpc) is 1.57. The maximum absolute atomic E-state index is 11.1. The van der Waals surface area contributed by atoms with Gasteiger partial charge in [0, 0.05) is 0 Å². The van der Waals surface area contributed by atoms with Gasteiger partial charge in [0.25, 0.3) is 0 Å². The molecule has 0 aromatic carbocycles. The Labute approximate surface area is 54.9 Å². The number of alkyl halides is 3. The molecule has 0 saturated carbocycles. The fourth-order valence-corrected chi connectivity index (χ4v) is 0.511. The molecule has 10 heavy (non-hydrogen) atoms. The van der Waals surface area contributed by atoms with Crippen LogP contribution in [0.15, 0.2) is 0 Å². The quantitative estimate of drug-likeness (QED) is 0.585. The van der Waals surface area contributed by atoms with Gasteiger partial charge in [0.05, 0.1) is 0 Å². The first-order valence-electron chi connectivity index (χ1n) is 1.98. The summed E-state index contributed by atoms with van der Waals surface area (Å²) in [6.45, 7) is -1.82. The van der Waals surface area contributed by atoms with E-state index in [9.17, 15) is 26.1 Å². The van der Waals surface area contributed by atoms with Crippen LogP contribution in [0.25, 0.3) is 0 Å². The third-order valence-electron chi connectivity index (χ3n) is 0.449. The number of hydrogen-bond donors (Lipinski definition) is 1. The summed E-state index contributed by atoms with van der Waals surface area (Å²) in [5.41, 5.74) is 0. The topological polar surface area (TPSA) is 69.2 Å². The van der Waals surface area contributed by atoms with Crippen molar-refractivity contribution in [3.63, 3.8) is 0 Å². The van der Waals surface area contributed by atoms with Crippen molar-refractivity contribution in [2.45, 2.75) is 6.18 Å². The largest absolute Gasteiger partial charge is 0.735 e. The van der Waals surface area contributed by atoms with E-state index >= 15 is 0 Å². The van der Waals surface area contributed by atoms with Crippen molar-refractivity contribution in [2.75, 3.05) is 6.54 Å². The van der Waals surface area contributed by atoms with Gasteiger partial charge in [0.1, 0.15) is 6.54 Å². The molecule has 0 bridgehead atoms. The van der Waals surface area contributed by atoms with Gasteiger partial charge in [-0.05, 0) is 0 Å². The van der Waals surface area contributed by atoms with Gasteiger partial charge in [0.2, 0.25) is 0 Å². The molecule has 0 atom stereocenters. The summed E-state index contributed by atoms with van der Waals surface area (Å²) in [5.74, 6) is 0. The molecule has 4 nitrogen and oxygen atoms in total. The second-order valence-corrected chi connectivity index (χ2v) is 2.59. The Hall–Kier alpha value is -0.340. The van der Waals surface area contributed by atoms with Crippen molar-refractivity contribution < 1.29 is 26.1 Å². The summed E-state index contributed by atoms with van der Waals surface area (Å²) in [7, 11) is -4.98. The molecule has 0 fully saturated rings. The van der Waals surface area contributed by atoms with E-state index in [2.05, 4.69) is 0 Å². The summed E-state index contributed by atoms with van der Waals surface area (Å²) in [4.78, 5) is 0. The zero-order valence-electron chi connectivity index (χ0n) is 4.47. The summed E-state index contributed by atoms with van der Waals surface area (Å²) < 4.78 is 62.6. The monoisotopic (exact) mass is 178 g/mol. The lowest BCUT2D eigenvalue weighted by Crippen LogP contribution is -2.33. The van der Waals surface area contributed by atoms with Crippen LogP contribution in [0.4, 0.5) is 13.2 Å². The van der Waals surface area contributed by atoms with Crippen molar-refractivity contribution in [1.82, 2.24) is 4.72 Å². The number of halogens is 3. The number of nitrogens with one attached hydrogen (secondary N) is 1. The van der Waals surface area contributed by atoms with Gasteiger partial charge in [-0.25, -0.2) is 13.1 Å². The molecular formula is C2H3F3NO3S-. The fraction of sp³-hybridized carbons (Fsp3) is 1.00. The minimum atomic E-state index is -4.98. The molecule has 0 unspecified atom stereocenters. The molecule has 0 aliphatic rings. The van der Waals surface area contributed by atoms with E-state index in [1.165, 1.54) is 0 Å². The van der Waals surface area contributed by atoms with Crippen LogP contribution in [-0.4, -0.2) is 25.7 Å². The normalized spacial score (nSPS) is 13.6. The highest BCUT2D eigenvalue weighted by atomic mass is 32.2. The third kappa shape index (κ3) is 7.66. The average molecular weight is 178 g/mol. The van der Waals surface area contributed by atoms with Crippen LogP contribution in [0.1, 0.15) is 0 Å². The smallest absolute Gasteiger partial charge is 0.402 e. The first-order valence-corrected chi connectivity index (χ1v) is 3.39. The van der Waals surface area contributed by atoms with Crippen LogP contribution >= 0.6 is 0 Å². The molecule has 0 amide bonds. The molecule has 0 rings (SSSR count). The van der Waals surface area contributed by atoms with Crippen molar-refractivity contribution >= 4 is 10.3 Å². The lowest BCUT2D eigenvalue weighted by atomic mass is 10.7. The zero-order chi connectivity index (χ0) is 8.41. The molecule has 0 saturated heterocycles. The zero-order valence-corrected chi connectivity index (χ0v) is 5.29. The highest BCUT2D eigenvalue weighted by Gasteiger charge is 2.27. The minimum Gasteiger partial charge on any atom is -0.735 e. The van der Waals surface area contributed by atoms with Gasteiger partial charge in [-0.1, -0.05) is 0 Å². The van der Waals surface area contributed by atoms with Gasteiger partial charge in [-0.15, -0.1) is 0 Å². The molecular weight excluding hydrogens is 175 g/mol. The van der Waals surface area contributed by atoms with Crippen LogP contribution in [-0.2, 0) is 10.3 Å². The molecule has 0 aromatic rings. The van der Waals surface area contributed by atoms with Crippen molar-refractivity contribution in [3.8, 4) is 0 Å². The van der Waals surface area contributed by atoms with Crippen molar-refractivity contribution in [1.29, 1.82) is 0 Å². The second-order valence-electron chi connectivity index (χ2n) is 1.39. The van der Waals surface area contributed by atoms with E-state index in [0.717, 1.165) is 4.72 Å². The van der Waals surface area contributed by atoms with Crippen LogP contribution in [0.5, 0.6) is 0 Å². The van der Waals surface area contributed by atoms with E-state index in [0.29, 0.717) is 0 Å². The predicted molar refractivity (Wildman–Crippen MR) is 23.8 cm³/mol. The predicted octanol–water partition coefficient (Wildman–Crippen LogP) is -0.401. The number of rotatable bonds is 2. The van der Waals surface area contributed by atoms with Crippen LogP contribution < -0.4 is 4.72 Å². The van der Waals surface area contributed by atoms with Gasteiger partial charge in [-0.2, -0.15) is 13.2 Å². The molecule has 0 aliphatic carbocycles. The maximum atomic E-state index is 11.1. The fourth-order valence-electron chi connectivity index (χ4n) is 0.170. The van der Waals surface area contributed by atoms with Crippen LogP contribution in [0.2, 0.25) is 0 Å². The molecule has 62 valence electrons. The summed E-state index contributed by atoms with van der Waals surface area (Å²) in [6.07, 6.45) is -4.68. The first-order chi connectivity index (χ1) is 4.21. The SMILES string of the molecule is O=S(=O)([O-])NCC(F)(F)F. The molecule has 0 radical (unpaired) electrons. The Kier molecular flexibility index (Phi) is 2.63. The van der Waals surface area contributed by atoms with Gasteiger partial charge >= 0.3 is 6.18 Å². The van der Waals surface area contributed by atoms with Crippen LogP contribution in [0.3, 0.4) is 0 Å². The van der Waals surface area contributed by atoms with E-state index < -0.39 is 23.0 Å². The van der Waals surface area contributed by atoms with E-state index in [1.54, 1.807) is 0 Å². The van der Waals surface area contributed by atoms with E-state index in [-0.39, 0.29) is 0 Å². The molecule has 0 heterocycles. The summed E-state index contributed by atoms with van der Waals surface area (Å²) in [6, 6.07) is 0. The van der Waals surface area contributed by atoms with E-state index in [1.807, 2.05) is 0 Å². The molecule has 0 spiro atoms. The molecule has 0 aromatic heterocycles. The highest BCUT2D eigenvalue weighted by Crippen LogP contribution is 2.12. The van der Waals surface area contributed by atoms with Gasteiger partial charge in [-0.3, -0.25) is 0 Å². The first kappa shape index (κ1) is 9.66. The minimum absolute atomic E-state index is 0.753. The summed E-state index contributed by atoms with van der Waals surface area (Å²) in [5, 5.41) is 0. The van der Waals surface area contributed by atoms with Crippen LogP contribution in [0, 0.1) is 0 Å². The standard InChI is InChI=1S/C2H4F3NO3S/c3-2(4,5)1-6-10(7,8)9/h6H,1H2,(H,7,8,9)/p-1. The molecule has 8 heteroatoms. The van der Waals surface area contributed by atoms with Gasteiger partial charge < -0.3 is 4.55 Å². The van der Waals surface area contributed by atoms with E-state index in [4.69, 9.17) is 0 Å². The Balaban J connectivity index is 3.79. The lowest BCUT2D eigenvalue weighted by Gasteiger charge is -2.10. The Morgan fingerprint density at radius 1 is 1.40 bits per heavy atom. The van der Waals surface area contributed by atoms with Gasteiger partial charge in [0.15, 0.2) is 10.3 Å². The Morgan fingerprint density at radius 2 is 1.80 bits per heavy atom. The Morgan fingerprint density at radius 3 is 1.90 bits per heavy atom. The molecule has 0 aliphatic heterocycles.